The molecule has 0 aliphatic rings. The lowest BCUT2D eigenvalue weighted by atomic mass is 10.1. The summed E-state index contributed by atoms with van der Waals surface area (Å²) in [5.41, 5.74) is 0. The molecule has 2 aromatic rings. The maximum Gasteiger partial charge on any atom is 0.0725 e. The van der Waals surface area contributed by atoms with Crippen molar-refractivity contribution in [1.29, 1.82) is 0 Å². The van der Waals surface area contributed by atoms with E-state index in [1.165, 1.54) is 29.9 Å². The van der Waals surface area contributed by atoms with Gasteiger partial charge in [-0.05, 0) is 16.8 Å². The second-order valence-corrected chi connectivity index (χ2v) is 3.54. The molecule has 0 unspecified atom stereocenters. The first kappa shape index (κ1) is 9.52. The normalized spacial score (nSPS) is 10.6. The molecular formula is C11H10O2S. The van der Waals surface area contributed by atoms with Crippen LogP contribution in [-0.2, 0) is 9.22 Å². The second-order valence-electron chi connectivity index (χ2n) is 2.80. The second kappa shape index (κ2) is 4.46. The van der Waals surface area contributed by atoms with Crippen molar-refractivity contribution in [2.24, 2.45) is 0 Å². The Balaban J connectivity index is 2.43. The van der Waals surface area contributed by atoms with Crippen molar-refractivity contribution < 1.29 is 9.22 Å². The van der Waals surface area contributed by atoms with Gasteiger partial charge in [0.2, 0.25) is 0 Å². The lowest BCUT2D eigenvalue weighted by Crippen LogP contribution is -1.80. The van der Waals surface area contributed by atoms with Crippen molar-refractivity contribution in [1.82, 2.24) is 0 Å². The van der Waals surface area contributed by atoms with E-state index in [0.29, 0.717) is 0 Å². The highest BCUT2D eigenvalue weighted by Crippen LogP contribution is 2.28. The van der Waals surface area contributed by atoms with Gasteiger partial charge in [-0.1, -0.05) is 36.4 Å². The summed E-state index contributed by atoms with van der Waals surface area (Å²) in [6.07, 6.45) is 0. The van der Waals surface area contributed by atoms with Crippen molar-refractivity contribution in [2.45, 2.75) is 4.90 Å². The van der Waals surface area contributed by atoms with Crippen LogP contribution in [0.25, 0.3) is 10.8 Å². The van der Waals surface area contributed by atoms with Gasteiger partial charge < -0.3 is 0 Å². The summed E-state index contributed by atoms with van der Waals surface area (Å²) in [7, 11) is 1.50. The zero-order valence-electron chi connectivity index (χ0n) is 7.77. The van der Waals surface area contributed by atoms with Gasteiger partial charge in [0.25, 0.3) is 0 Å². The maximum absolute atomic E-state index is 4.84. The van der Waals surface area contributed by atoms with Gasteiger partial charge in [-0.15, -0.1) is 0 Å². The summed E-state index contributed by atoms with van der Waals surface area (Å²) in [6.45, 7) is 0. The molecule has 72 valence electrons. The Bertz CT molecular complexity index is 423. The van der Waals surface area contributed by atoms with Crippen LogP contribution in [-0.4, -0.2) is 7.11 Å². The Labute approximate surface area is 87.0 Å². The zero-order chi connectivity index (χ0) is 9.80. The van der Waals surface area contributed by atoms with Gasteiger partial charge in [0.05, 0.1) is 19.2 Å². The van der Waals surface area contributed by atoms with Crippen LogP contribution in [0.1, 0.15) is 0 Å². The summed E-state index contributed by atoms with van der Waals surface area (Å²) >= 11 is 1.23. The predicted octanol–water partition coefficient (Wildman–Crippen LogP) is 3.42. The monoisotopic (exact) mass is 206 g/mol. The average molecular weight is 206 g/mol. The Morgan fingerprint density at radius 1 is 1.00 bits per heavy atom. The zero-order valence-corrected chi connectivity index (χ0v) is 8.58. The van der Waals surface area contributed by atoms with E-state index in [-0.39, 0.29) is 0 Å². The summed E-state index contributed by atoms with van der Waals surface area (Å²) in [5.74, 6) is 0. The highest BCUT2D eigenvalue weighted by Gasteiger charge is 2.00. The molecule has 0 bridgehead atoms. The lowest BCUT2D eigenvalue weighted by Gasteiger charge is -2.03. The minimum atomic E-state index is 1.06. The Hall–Kier alpha value is -1.03. The number of hydrogen-bond donors (Lipinski definition) is 0. The molecule has 2 rings (SSSR count). The molecule has 0 aliphatic heterocycles. The molecule has 0 saturated heterocycles. The molecule has 0 radical (unpaired) electrons. The van der Waals surface area contributed by atoms with E-state index in [2.05, 4.69) is 23.1 Å². The van der Waals surface area contributed by atoms with Gasteiger partial charge >= 0.3 is 0 Å². The van der Waals surface area contributed by atoms with Gasteiger partial charge in [-0.3, -0.25) is 0 Å². The molecule has 0 aromatic heterocycles. The third kappa shape index (κ3) is 1.90. The molecule has 2 aromatic carbocycles. The minimum Gasteiger partial charge on any atom is -0.227 e. The lowest BCUT2D eigenvalue weighted by molar-refractivity contribution is -0.160. The third-order valence-electron chi connectivity index (χ3n) is 1.94. The minimum absolute atomic E-state index is 1.06. The fraction of sp³-hybridized carbons (Fsp3) is 0.0909. The number of fused-ring (bicyclic) bond motifs is 1. The third-order valence-corrected chi connectivity index (χ3v) is 2.68. The first-order valence-electron chi connectivity index (χ1n) is 4.27. The molecule has 14 heavy (non-hydrogen) atoms. The van der Waals surface area contributed by atoms with E-state index in [1.54, 1.807) is 0 Å². The quantitative estimate of drug-likeness (QED) is 0.435. The average Bonchev–Trinajstić information content (AvgIpc) is 2.26. The van der Waals surface area contributed by atoms with E-state index >= 15 is 0 Å². The molecule has 0 aliphatic carbocycles. The van der Waals surface area contributed by atoms with Crippen LogP contribution in [0.2, 0.25) is 0 Å². The van der Waals surface area contributed by atoms with Crippen LogP contribution < -0.4 is 0 Å². The Kier molecular flexibility index (Phi) is 3.03. The first-order valence-corrected chi connectivity index (χ1v) is 5.01. The van der Waals surface area contributed by atoms with Gasteiger partial charge in [-0.2, -0.15) is 4.33 Å². The molecule has 2 nitrogen and oxygen atoms in total. The Morgan fingerprint density at radius 2 is 1.79 bits per heavy atom. The van der Waals surface area contributed by atoms with Crippen molar-refractivity contribution >= 4 is 22.8 Å². The molecule has 0 spiro atoms. The standard InChI is InChI=1S/C11H10O2S/c1-12-13-14-11-8-4-6-9-5-2-3-7-10(9)11/h2-8H,1H3. The molecule has 3 heteroatoms. The topological polar surface area (TPSA) is 18.5 Å². The fourth-order valence-corrected chi connectivity index (χ4v) is 1.89. The van der Waals surface area contributed by atoms with Crippen LogP contribution in [0.15, 0.2) is 47.4 Å². The summed E-state index contributed by atoms with van der Waals surface area (Å²) in [6, 6.07) is 14.3. The van der Waals surface area contributed by atoms with Crippen LogP contribution in [0.5, 0.6) is 0 Å². The molecule has 0 amide bonds. The van der Waals surface area contributed by atoms with E-state index < -0.39 is 0 Å². The predicted molar refractivity (Wildman–Crippen MR) is 57.9 cm³/mol. The van der Waals surface area contributed by atoms with E-state index in [9.17, 15) is 0 Å². The van der Waals surface area contributed by atoms with Crippen LogP contribution in [0, 0.1) is 0 Å². The van der Waals surface area contributed by atoms with E-state index in [1.807, 2.05) is 24.3 Å². The van der Waals surface area contributed by atoms with E-state index in [4.69, 9.17) is 4.33 Å². The highest BCUT2D eigenvalue weighted by molar-refractivity contribution is 7.94. The number of hydrogen-bond acceptors (Lipinski definition) is 3. The summed E-state index contributed by atoms with van der Waals surface area (Å²) in [5, 5.41) is 2.38. The maximum atomic E-state index is 4.84. The summed E-state index contributed by atoms with van der Waals surface area (Å²) < 4.78 is 4.84. The van der Waals surface area contributed by atoms with Gasteiger partial charge in [0, 0.05) is 4.90 Å². The van der Waals surface area contributed by atoms with E-state index in [0.717, 1.165) is 4.90 Å². The van der Waals surface area contributed by atoms with Crippen molar-refractivity contribution in [3.05, 3.63) is 42.5 Å². The smallest absolute Gasteiger partial charge is 0.0725 e. The molecule has 0 fully saturated rings. The molecule has 0 atom stereocenters. The number of benzene rings is 2. The van der Waals surface area contributed by atoms with Crippen molar-refractivity contribution in [2.75, 3.05) is 7.11 Å². The highest BCUT2D eigenvalue weighted by atomic mass is 32.2. The van der Waals surface area contributed by atoms with Crippen LogP contribution in [0.4, 0.5) is 0 Å². The van der Waals surface area contributed by atoms with Crippen molar-refractivity contribution in [3.63, 3.8) is 0 Å². The summed E-state index contributed by atoms with van der Waals surface area (Å²) in [4.78, 5) is 5.62. The number of rotatable bonds is 3. The first-order chi connectivity index (χ1) is 6.92. The SMILES string of the molecule is COOSc1cccc2ccccc12. The van der Waals surface area contributed by atoms with Crippen LogP contribution in [0.3, 0.4) is 0 Å². The largest absolute Gasteiger partial charge is 0.227 e. The Morgan fingerprint density at radius 3 is 2.64 bits per heavy atom. The molecular weight excluding hydrogens is 196 g/mol. The van der Waals surface area contributed by atoms with Crippen molar-refractivity contribution in [3.8, 4) is 0 Å². The molecule has 0 heterocycles. The van der Waals surface area contributed by atoms with Gasteiger partial charge in [0.15, 0.2) is 0 Å². The fourth-order valence-electron chi connectivity index (χ4n) is 1.34. The van der Waals surface area contributed by atoms with Gasteiger partial charge in [0.1, 0.15) is 0 Å². The molecule has 0 N–H and O–H groups in total. The van der Waals surface area contributed by atoms with Crippen LogP contribution >= 0.6 is 12.0 Å². The molecule has 0 saturated carbocycles. The van der Waals surface area contributed by atoms with Gasteiger partial charge in [-0.25, -0.2) is 4.89 Å².